The highest BCUT2D eigenvalue weighted by Gasteiger charge is 2.34. The van der Waals surface area contributed by atoms with Crippen LogP contribution in [0.4, 0.5) is 5.69 Å². The lowest BCUT2D eigenvalue weighted by Crippen LogP contribution is -2.37. The zero-order valence-corrected chi connectivity index (χ0v) is 19.3. The van der Waals surface area contributed by atoms with E-state index in [0.717, 1.165) is 44.7 Å². The summed E-state index contributed by atoms with van der Waals surface area (Å²) in [7, 11) is 5.92. The molecule has 0 bridgehead atoms. The summed E-state index contributed by atoms with van der Waals surface area (Å²) < 4.78 is 11.7. The lowest BCUT2D eigenvalue weighted by Gasteiger charge is -2.40. The molecule has 1 heterocycles. The molecule has 2 aromatic rings. The Morgan fingerprint density at radius 3 is 2.53 bits per heavy atom. The molecule has 1 fully saturated rings. The van der Waals surface area contributed by atoms with Gasteiger partial charge >= 0.3 is 0 Å². The number of para-hydroxylation sites is 1. The molecule has 1 saturated heterocycles. The normalized spacial score (nSPS) is 19.3. The summed E-state index contributed by atoms with van der Waals surface area (Å²) in [6.07, 6.45) is 3.29. The van der Waals surface area contributed by atoms with Crippen LogP contribution in [-0.4, -0.2) is 40.0 Å². The third-order valence-corrected chi connectivity index (χ3v) is 6.26. The summed E-state index contributed by atoms with van der Waals surface area (Å²) in [5.74, 6) is 2.07. The minimum Gasteiger partial charge on any atom is -0.496 e. The van der Waals surface area contributed by atoms with Gasteiger partial charge in [0.15, 0.2) is 0 Å². The van der Waals surface area contributed by atoms with Crippen molar-refractivity contribution < 1.29 is 9.47 Å². The Balaban J connectivity index is 1.65. The van der Waals surface area contributed by atoms with Gasteiger partial charge in [0.2, 0.25) is 0 Å². The molecular weight excluding hydrogens is 372 g/mol. The van der Waals surface area contributed by atoms with Gasteiger partial charge in [-0.15, -0.1) is 0 Å². The van der Waals surface area contributed by atoms with Gasteiger partial charge in [-0.25, -0.2) is 0 Å². The predicted molar refractivity (Wildman–Crippen MR) is 126 cm³/mol. The van der Waals surface area contributed by atoms with Crippen LogP contribution in [0.2, 0.25) is 0 Å². The number of hydrogen-bond donors (Lipinski definition) is 1. The van der Waals surface area contributed by atoms with E-state index in [1.807, 2.05) is 0 Å². The van der Waals surface area contributed by atoms with E-state index in [1.54, 1.807) is 7.11 Å². The van der Waals surface area contributed by atoms with E-state index in [-0.39, 0.29) is 5.60 Å². The second-order valence-electron chi connectivity index (χ2n) is 9.24. The molecule has 4 heteroatoms. The topological polar surface area (TPSA) is 33.7 Å². The van der Waals surface area contributed by atoms with Gasteiger partial charge in [0.05, 0.1) is 12.7 Å². The van der Waals surface area contributed by atoms with E-state index in [1.165, 1.54) is 16.8 Å². The van der Waals surface area contributed by atoms with Crippen LogP contribution >= 0.6 is 0 Å². The van der Waals surface area contributed by atoms with Crippen LogP contribution < -0.4 is 15.0 Å². The molecule has 2 atom stereocenters. The maximum atomic E-state index is 6.00. The van der Waals surface area contributed by atoms with Crippen LogP contribution in [0.3, 0.4) is 0 Å². The number of benzene rings is 2. The number of methoxy groups -OCH3 is 1. The van der Waals surface area contributed by atoms with Crippen LogP contribution in [-0.2, 0) is 11.3 Å². The fraction of sp³-hybridized carbons (Fsp3) is 0.538. The first-order chi connectivity index (χ1) is 14.4. The minimum absolute atomic E-state index is 0.0508. The molecule has 4 nitrogen and oxygen atoms in total. The van der Waals surface area contributed by atoms with Crippen molar-refractivity contribution in [3.63, 3.8) is 0 Å². The highest BCUT2D eigenvalue weighted by molar-refractivity contribution is 5.46. The van der Waals surface area contributed by atoms with E-state index in [0.29, 0.717) is 11.8 Å². The van der Waals surface area contributed by atoms with Crippen molar-refractivity contribution in [2.24, 2.45) is 5.92 Å². The van der Waals surface area contributed by atoms with Gasteiger partial charge in [0.25, 0.3) is 0 Å². The smallest absolute Gasteiger partial charge is 0.122 e. The summed E-state index contributed by atoms with van der Waals surface area (Å²) in [5, 5.41) is 3.66. The van der Waals surface area contributed by atoms with Gasteiger partial charge in [-0.2, -0.15) is 0 Å². The van der Waals surface area contributed by atoms with Crippen LogP contribution in [0.5, 0.6) is 5.75 Å². The van der Waals surface area contributed by atoms with Gasteiger partial charge in [-0.05, 0) is 80.8 Å². The fourth-order valence-electron chi connectivity index (χ4n) is 4.64. The summed E-state index contributed by atoms with van der Waals surface area (Å²) >= 11 is 0. The molecule has 30 heavy (non-hydrogen) atoms. The molecule has 0 amide bonds. The van der Waals surface area contributed by atoms with Crippen LogP contribution in [0.1, 0.15) is 50.2 Å². The Labute approximate surface area is 182 Å². The zero-order valence-electron chi connectivity index (χ0n) is 19.3. The van der Waals surface area contributed by atoms with E-state index in [4.69, 9.17) is 9.47 Å². The molecule has 1 aliphatic rings. The first kappa shape index (κ1) is 22.6. The van der Waals surface area contributed by atoms with Gasteiger partial charge in [0, 0.05) is 32.9 Å². The molecule has 0 saturated carbocycles. The third-order valence-electron chi connectivity index (χ3n) is 6.26. The molecule has 164 valence electrons. The largest absolute Gasteiger partial charge is 0.496 e. The quantitative estimate of drug-likeness (QED) is 0.574. The maximum absolute atomic E-state index is 6.00. The van der Waals surface area contributed by atoms with E-state index < -0.39 is 0 Å². The predicted octanol–water partition coefficient (Wildman–Crippen LogP) is 5.23. The molecule has 1 N–H and O–H groups in total. The van der Waals surface area contributed by atoms with Crippen molar-refractivity contribution in [2.45, 2.75) is 51.2 Å². The second-order valence-corrected chi connectivity index (χ2v) is 9.24. The van der Waals surface area contributed by atoms with Gasteiger partial charge in [0.1, 0.15) is 5.75 Å². The number of hydrogen-bond acceptors (Lipinski definition) is 4. The Morgan fingerprint density at radius 2 is 1.87 bits per heavy atom. The van der Waals surface area contributed by atoms with E-state index in [9.17, 15) is 0 Å². The molecule has 0 spiro atoms. The average Bonchev–Trinajstić information content (AvgIpc) is 2.73. The van der Waals surface area contributed by atoms with E-state index in [2.05, 4.69) is 86.7 Å². The van der Waals surface area contributed by atoms with Gasteiger partial charge < -0.3 is 19.7 Å². The Kier molecular flexibility index (Phi) is 7.79. The Morgan fingerprint density at radius 1 is 1.13 bits per heavy atom. The third kappa shape index (κ3) is 5.99. The first-order valence-corrected chi connectivity index (χ1v) is 11.1. The monoisotopic (exact) mass is 410 g/mol. The molecule has 0 aromatic heterocycles. The second kappa shape index (κ2) is 10.3. The average molecular weight is 411 g/mol. The lowest BCUT2D eigenvalue weighted by atomic mass is 9.75. The molecule has 2 aromatic carbocycles. The summed E-state index contributed by atoms with van der Waals surface area (Å²) in [5.41, 5.74) is 3.84. The molecular formula is C26H38N2O2. The SMILES string of the molecule is COc1ccccc1[C@H](CCNCc1ccc(N(C)C)cc1)[C@@H]1CCOC(C)(C)C1. The van der Waals surface area contributed by atoms with Crippen LogP contribution in [0, 0.1) is 5.92 Å². The Bertz CT molecular complexity index is 786. The van der Waals surface area contributed by atoms with E-state index >= 15 is 0 Å². The van der Waals surface area contributed by atoms with Crippen molar-refractivity contribution in [3.8, 4) is 5.75 Å². The molecule has 0 aliphatic carbocycles. The van der Waals surface area contributed by atoms with Crippen molar-refractivity contribution in [3.05, 3.63) is 59.7 Å². The summed E-state index contributed by atoms with van der Waals surface area (Å²) in [4.78, 5) is 2.13. The number of nitrogens with one attached hydrogen (secondary N) is 1. The molecule has 0 radical (unpaired) electrons. The van der Waals surface area contributed by atoms with Crippen molar-refractivity contribution in [1.29, 1.82) is 0 Å². The number of nitrogens with zero attached hydrogens (tertiary/aromatic N) is 1. The Hall–Kier alpha value is -2.04. The van der Waals surface area contributed by atoms with Gasteiger partial charge in [-0.1, -0.05) is 30.3 Å². The highest BCUT2D eigenvalue weighted by Crippen LogP contribution is 2.42. The molecule has 0 unspecified atom stereocenters. The van der Waals surface area contributed by atoms with Crippen LogP contribution in [0.25, 0.3) is 0 Å². The zero-order chi connectivity index (χ0) is 21.6. The molecule has 3 rings (SSSR count). The molecule has 1 aliphatic heterocycles. The standard InChI is InChI=1S/C26H38N2O2/c1-26(2)18-21(15-17-30-26)23(24-8-6-7-9-25(24)29-5)14-16-27-19-20-10-12-22(13-11-20)28(3)4/h6-13,21,23,27H,14-19H2,1-5H3/t21-,23-/m1/s1. The first-order valence-electron chi connectivity index (χ1n) is 11.1. The fourth-order valence-corrected chi connectivity index (χ4v) is 4.64. The highest BCUT2D eigenvalue weighted by atomic mass is 16.5. The minimum atomic E-state index is -0.0508. The van der Waals surface area contributed by atoms with Crippen LogP contribution in [0.15, 0.2) is 48.5 Å². The lowest BCUT2D eigenvalue weighted by molar-refractivity contribution is -0.0772. The summed E-state index contributed by atoms with van der Waals surface area (Å²) in [6.45, 7) is 7.15. The van der Waals surface area contributed by atoms with Crippen molar-refractivity contribution >= 4 is 5.69 Å². The van der Waals surface area contributed by atoms with Crippen molar-refractivity contribution in [2.75, 3.05) is 39.3 Å². The van der Waals surface area contributed by atoms with Gasteiger partial charge in [-0.3, -0.25) is 0 Å². The number of anilines is 1. The maximum Gasteiger partial charge on any atom is 0.122 e. The summed E-state index contributed by atoms with van der Waals surface area (Å²) in [6, 6.07) is 17.3. The number of rotatable bonds is 9. The number of ether oxygens (including phenoxy) is 2. The van der Waals surface area contributed by atoms with Crippen molar-refractivity contribution in [1.82, 2.24) is 5.32 Å².